The monoisotopic (exact) mass is 568 g/mol. The number of halogens is 4. The fourth-order valence-corrected chi connectivity index (χ4v) is 5.53. The van der Waals surface area contributed by atoms with Crippen LogP contribution >= 0.6 is 58.2 Å². The number of nitrogens with one attached hydrogen (secondary N) is 1. The second-order valence-corrected chi connectivity index (χ2v) is 10.4. The summed E-state index contributed by atoms with van der Waals surface area (Å²) < 4.78 is 0. The van der Waals surface area contributed by atoms with E-state index in [2.05, 4.69) is 5.32 Å². The molecule has 0 spiro atoms. The molecule has 3 rings (SSSR count). The maximum absolute atomic E-state index is 13.5. The first-order valence-corrected chi connectivity index (χ1v) is 13.5. The zero-order chi connectivity index (χ0) is 25.4. The number of benzene rings is 3. The third kappa shape index (κ3) is 7.80. The summed E-state index contributed by atoms with van der Waals surface area (Å²) in [7, 11) is 1.56. The highest BCUT2D eigenvalue weighted by Crippen LogP contribution is 2.29. The lowest BCUT2D eigenvalue weighted by Crippen LogP contribution is -2.50. The summed E-state index contributed by atoms with van der Waals surface area (Å²) in [5.41, 5.74) is 2.41. The number of hydrogen-bond acceptors (Lipinski definition) is 3. The second kappa shape index (κ2) is 13.4. The van der Waals surface area contributed by atoms with Gasteiger partial charge in [-0.3, -0.25) is 9.59 Å². The van der Waals surface area contributed by atoms with Gasteiger partial charge in [-0.15, -0.1) is 11.8 Å². The highest BCUT2D eigenvalue weighted by molar-refractivity contribution is 7.99. The highest BCUT2D eigenvalue weighted by Gasteiger charge is 2.30. The quantitative estimate of drug-likeness (QED) is 0.288. The van der Waals surface area contributed by atoms with Gasteiger partial charge in [-0.05, 0) is 35.4 Å². The van der Waals surface area contributed by atoms with Crippen molar-refractivity contribution in [2.24, 2.45) is 0 Å². The molecule has 0 aliphatic rings. The van der Waals surface area contributed by atoms with E-state index in [1.165, 1.54) is 11.8 Å². The standard InChI is InChI=1S/C26H24Cl4N2O2S/c1-31-26(34)24(12-17-6-3-2-4-7-17)32(14-20-21(28)8-5-9-22(20)29)25(33)16-35-15-18-10-11-19(27)13-23(18)30/h2-11,13,24H,12,14-16H2,1H3,(H,31,34)/t24-/m0/s1. The van der Waals surface area contributed by atoms with Crippen molar-refractivity contribution in [2.45, 2.75) is 24.8 Å². The van der Waals surface area contributed by atoms with Gasteiger partial charge in [-0.25, -0.2) is 0 Å². The van der Waals surface area contributed by atoms with E-state index in [0.717, 1.165) is 11.1 Å². The third-order valence-corrected chi connectivity index (χ3v) is 7.67. The lowest BCUT2D eigenvalue weighted by molar-refractivity contribution is -0.139. The first-order chi connectivity index (χ1) is 16.8. The zero-order valence-electron chi connectivity index (χ0n) is 18.9. The fraction of sp³-hybridized carbons (Fsp3) is 0.231. The van der Waals surface area contributed by atoms with E-state index < -0.39 is 6.04 Å². The number of hydrogen-bond donors (Lipinski definition) is 1. The molecule has 3 aromatic carbocycles. The average Bonchev–Trinajstić information content (AvgIpc) is 2.84. The van der Waals surface area contributed by atoms with Crippen LogP contribution in [0.25, 0.3) is 0 Å². The maximum Gasteiger partial charge on any atom is 0.242 e. The fourth-order valence-electron chi connectivity index (χ4n) is 3.54. The van der Waals surface area contributed by atoms with E-state index >= 15 is 0 Å². The summed E-state index contributed by atoms with van der Waals surface area (Å²) in [6.45, 7) is 0.102. The van der Waals surface area contributed by atoms with E-state index in [1.807, 2.05) is 36.4 Å². The van der Waals surface area contributed by atoms with Gasteiger partial charge in [-0.1, -0.05) is 88.9 Å². The van der Waals surface area contributed by atoms with Crippen molar-refractivity contribution < 1.29 is 9.59 Å². The Morgan fingerprint density at radius 3 is 2.23 bits per heavy atom. The van der Waals surface area contributed by atoms with Crippen LogP contribution in [0.2, 0.25) is 20.1 Å². The van der Waals surface area contributed by atoms with Crippen molar-refractivity contribution >= 4 is 70.0 Å². The molecule has 1 atom stereocenters. The van der Waals surface area contributed by atoms with Gasteiger partial charge in [0, 0.05) is 51.4 Å². The molecule has 0 saturated carbocycles. The van der Waals surface area contributed by atoms with Crippen LogP contribution in [0.4, 0.5) is 0 Å². The molecule has 2 amide bonds. The van der Waals surface area contributed by atoms with Crippen LogP contribution in [0.3, 0.4) is 0 Å². The summed E-state index contributed by atoms with van der Waals surface area (Å²) in [6, 6.07) is 19.3. The first-order valence-electron chi connectivity index (χ1n) is 10.8. The number of thioether (sulfide) groups is 1. The number of rotatable bonds is 10. The summed E-state index contributed by atoms with van der Waals surface area (Å²) in [4.78, 5) is 28.1. The molecule has 3 aromatic rings. The number of nitrogens with zero attached hydrogens (tertiary/aromatic N) is 1. The molecule has 0 aromatic heterocycles. The van der Waals surface area contributed by atoms with Gasteiger partial charge in [0.2, 0.25) is 11.8 Å². The summed E-state index contributed by atoms with van der Waals surface area (Å²) in [6.07, 6.45) is 0.349. The molecule has 0 fully saturated rings. The minimum atomic E-state index is -0.748. The normalized spacial score (nSPS) is 11.7. The van der Waals surface area contributed by atoms with Crippen molar-refractivity contribution in [1.82, 2.24) is 10.2 Å². The van der Waals surface area contributed by atoms with Crippen molar-refractivity contribution in [3.8, 4) is 0 Å². The molecule has 0 unspecified atom stereocenters. The summed E-state index contributed by atoms with van der Waals surface area (Å²) >= 11 is 26.5. The molecule has 9 heteroatoms. The summed E-state index contributed by atoms with van der Waals surface area (Å²) in [5.74, 6) is 0.187. The first kappa shape index (κ1) is 27.7. The highest BCUT2D eigenvalue weighted by atomic mass is 35.5. The van der Waals surface area contributed by atoms with E-state index in [-0.39, 0.29) is 24.1 Å². The summed E-state index contributed by atoms with van der Waals surface area (Å²) in [5, 5.41) is 4.67. The van der Waals surface area contributed by atoms with E-state index in [4.69, 9.17) is 46.4 Å². The molecular formula is C26H24Cl4N2O2S. The molecule has 0 radical (unpaired) electrons. The van der Waals surface area contributed by atoms with Crippen molar-refractivity contribution in [3.63, 3.8) is 0 Å². The van der Waals surface area contributed by atoms with E-state index in [9.17, 15) is 9.59 Å². The van der Waals surface area contributed by atoms with Crippen LogP contribution < -0.4 is 5.32 Å². The molecule has 1 N–H and O–H groups in total. The predicted molar refractivity (Wildman–Crippen MR) is 148 cm³/mol. The molecule has 0 bridgehead atoms. The van der Waals surface area contributed by atoms with Crippen molar-refractivity contribution in [1.29, 1.82) is 0 Å². The average molecular weight is 570 g/mol. The third-order valence-electron chi connectivity index (χ3n) is 5.41. The largest absolute Gasteiger partial charge is 0.357 e. The Balaban J connectivity index is 1.86. The van der Waals surface area contributed by atoms with E-state index in [0.29, 0.717) is 37.8 Å². The van der Waals surface area contributed by atoms with Gasteiger partial charge in [0.05, 0.1) is 5.75 Å². The maximum atomic E-state index is 13.5. The number of amides is 2. The second-order valence-electron chi connectivity index (χ2n) is 7.77. The number of likely N-dealkylation sites (N-methyl/N-ethyl adjacent to an activating group) is 1. The smallest absolute Gasteiger partial charge is 0.242 e. The Bertz CT molecular complexity index is 1160. The lowest BCUT2D eigenvalue weighted by atomic mass is 10.0. The molecule has 0 saturated heterocycles. The molecule has 0 aliphatic heterocycles. The Morgan fingerprint density at radius 2 is 1.60 bits per heavy atom. The molecule has 0 aliphatic carbocycles. The SMILES string of the molecule is CNC(=O)[C@H](Cc1ccccc1)N(Cc1c(Cl)cccc1Cl)C(=O)CSCc1ccc(Cl)cc1Cl. The molecular weight excluding hydrogens is 546 g/mol. The molecule has 35 heavy (non-hydrogen) atoms. The Hall–Kier alpha value is -1.89. The zero-order valence-corrected chi connectivity index (χ0v) is 22.8. The van der Waals surface area contributed by atoms with Crippen LogP contribution in [-0.2, 0) is 28.3 Å². The van der Waals surface area contributed by atoms with Gasteiger partial charge >= 0.3 is 0 Å². The number of carbonyl (C=O) groups is 2. The number of carbonyl (C=O) groups excluding carboxylic acids is 2. The van der Waals surface area contributed by atoms with Gasteiger partial charge in [-0.2, -0.15) is 0 Å². The molecule has 4 nitrogen and oxygen atoms in total. The van der Waals surface area contributed by atoms with Gasteiger partial charge < -0.3 is 10.2 Å². The van der Waals surface area contributed by atoms with Crippen molar-refractivity contribution in [2.75, 3.05) is 12.8 Å². The molecule has 184 valence electrons. The van der Waals surface area contributed by atoms with Crippen LogP contribution in [-0.4, -0.2) is 35.6 Å². The molecule has 0 heterocycles. The lowest BCUT2D eigenvalue weighted by Gasteiger charge is -2.31. The minimum Gasteiger partial charge on any atom is -0.357 e. The minimum absolute atomic E-state index is 0.102. The van der Waals surface area contributed by atoms with Gasteiger partial charge in [0.15, 0.2) is 0 Å². The Labute approximate surface area is 229 Å². The van der Waals surface area contributed by atoms with Crippen LogP contribution in [0.5, 0.6) is 0 Å². The topological polar surface area (TPSA) is 49.4 Å². The predicted octanol–water partition coefficient (Wildman–Crippen LogP) is 6.92. The van der Waals surface area contributed by atoms with Crippen molar-refractivity contribution in [3.05, 3.63) is 104 Å². The van der Waals surface area contributed by atoms with Crippen LogP contribution in [0.1, 0.15) is 16.7 Å². The Kier molecular flexibility index (Phi) is 10.6. The van der Waals surface area contributed by atoms with E-state index in [1.54, 1.807) is 42.3 Å². The van der Waals surface area contributed by atoms with Crippen LogP contribution in [0, 0.1) is 0 Å². The van der Waals surface area contributed by atoms with Gasteiger partial charge in [0.25, 0.3) is 0 Å². The van der Waals surface area contributed by atoms with Gasteiger partial charge in [0.1, 0.15) is 6.04 Å². The Morgan fingerprint density at radius 1 is 0.914 bits per heavy atom. The van der Waals surface area contributed by atoms with Crippen LogP contribution in [0.15, 0.2) is 66.7 Å².